The van der Waals surface area contributed by atoms with Gasteiger partial charge in [0.25, 0.3) is 0 Å². The summed E-state index contributed by atoms with van der Waals surface area (Å²) in [6, 6.07) is 20.1. The molecule has 3 rings (SSSR count). The first-order valence-electron chi connectivity index (χ1n) is 11.8. The topological polar surface area (TPSA) is 192 Å². The number of nitrogens with two attached hydrogens (primary N) is 1. The van der Waals surface area contributed by atoms with Crippen LogP contribution in [0.2, 0.25) is 0 Å². The van der Waals surface area contributed by atoms with Gasteiger partial charge in [0.05, 0.1) is 18.2 Å². The Kier molecular flexibility index (Phi) is 12.5. The number of benzene rings is 3. The zero-order valence-corrected chi connectivity index (χ0v) is 21.9. The number of nitrogens with zero attached hydrogens (tertiary/aromatic N) is 1. The number of amides is 4. The minimum atomic E-state index is -2.64. The minimum absolute atomic E-state index is 0.131. The van der Waals surface area contributed by atoms with E-state index in [0.717, 1.165) is 12.1 Å². The summed E-state index contributed by atoms with van der Waals surface area (Å²) >= 11 is 0. The molecule has 0 radical (unpaired) electrons. The van der Waals surface area contributed by atoms with Gasteiger partial charge < -0.3 is 32.1 Å². The Balaban J connectivity index is 0.000000344. The third-order valence-corrected chi connectivity index (χ3v) is 5.23. The van der Waals surface area contributed by atoms with Gasteiger partial charge in [0.2, 0.25) is 0 Å². The zero-order chi connectivity index (χ0) is 28.6. The summed E-state index contributed by atoms with van der Waals surface area (Å²) in [5.41, 5.74) is 7.95. The molecule has 1 atom stereocenters. The molecular weight excluding hydrogens is 524 g/mol. The Morgan fingerprint density at radius 1 is 0.897 bits per heavy atom. The fourth-order valence-electron chi connectivity index (χ4n) is 3.14. The molecule has 0 bridgehead atoms. The van der Waals surface area contributed by atoms with Crippen molar-refractivity contribution in [3.05, 3.63) is 84.4 Å². The molecule has 0 aliphatic heterocycles. The van der Waals surface area contributed by atoms with Crippen molar-refractivity contribution in [1.29, 1.82) is 0 Å². The summed E-state index contributed by atoms with van der Waals surface area (Å²) in [7, 11) is -2.64. The van der Waals surface area contributed by atoms with Crippen molar-refractivity contribution in [2.45, 2.75) is 25.8 Å². The van der Waals surface area contributed by atoms with E-state index in [9.17, 15) is 22.8 Å². The zero-order valence-electron chi connectivity index (χ0n) is 21.1. The first kappa shape index (κ1) is 30.3. The average Bonchev–Trinajstić information content (AvgIpc) is 2.89. The number of nitrogen functional groups attached to an aromatic ring is 1. The van der Waals surface area contributed by atoms with Gasteiger partial charge in [-0.05, 0) is 60.5 Å². The highest BCUT2D eigenvalue weighted by Crippen LogP contribution is 2.22. The number of aliphatic carboxylic acids is 1. The number of nitrogens with one attached hydrogen (secondary N) is 4. The highest BCUT2D eigenvalue weighted by molar-refractivity contribution is 7.61. The van der Waals surface area contributed by atoms with Crippen molar-refractivity contribution < 1.29 is 27.9 Å². The quantitative estimate of drug-likeness (QED) is 0.209. The number of anilines is 3. The number of carboxylic acid groups (broad SMARTS) is 1. The lowest BCUT2D eigenvalue weighted by Gasteiger charge is -2.18. The molecule has 1 unspecified atom stereocenters. The molecule has 39 heavy (non-hydrogen) atoms. The number of hydrogen-bond acceptors (Lipinski definition) is 7. The van der Waals surface area contributed by atoms with Crippen LogP contribution in [-0.2, 0) is 15.3 Å². The molecule has 0 aliphatic carbocycles. The van der Waals surface area contributed by atoms with Crippen molar-refractivity contribution in [2.75, 3.05) is 22.9 Å². The maximum Gasteiger partial charge on any atom is 0.319 e. The molecule has 0 heterocycles. The average molecular weight is 555 g/mol. The van der Waals surface area contributed by atoms with Crippen LogP contribution in [0, 0.1) is 0 Å². The number of rotatable bonds is 9. The molecular formula is C26H30N6O6S. The summed E-state index contributed by atoms with van der Waals surface area (Å²) in [6.45, 7) is 2.72. The van der Waals surface area contributed by atoms with Crippen LogP contribution in [0.3, 0.4) is 0 Å². The Bertz CT molecular complexity index is 1370. The molecule has 0 aromatic heterocycles. The Hall–Kier alpha value is -4.91. The van der Waals surface area contributed by atoms with E-state index in [1.54, 1.807) is 30.3 Å². The normalized spacial score (nSPS) is 10.6. The number of carboxylic acids is 1. The van der Waals surface area contributed by atoms with E-state index in [1.165, 1.54) is 18.2 Å². The van der Waals surface area contributed by atoms with Crippen LogP contribution in [-0.4, -0.2) is 38.1 Å². The van der Waals surface area contributed by atoms with Crippen molar-refractivity contribution in [1.82, 2.24) is 10.6 Å². The van der Waals surface area contributed by atoms with Crippen LogP contribution in [0.5, 0.6) is 0 Å². The number of carbonyl (C=O) groups excluding carboxylic acids is 2. The molecule has 0 spiro atoms. The van der Waals surface area contributed by atoms with Crippen LogP contribution in [0.15, 0.2) is 83.2 Å². The van der Waals surface area contributed by atoms with Crippen molar-refractivity contribution >= 4 is 51.3 Å². The van der Waals surface area contributed by atoms with E-state index in [1.807, 2.05) is 37.3 Å². The van der Waals surface area contributed by atoms with Crippen LogP contribution >= 0.6 is 0 Å². The number of urea groups is 2. The first-order valence-corrected chi connectivity index (χ1v) is 12.8. The number of para-hydroxylation sites is 1. The minimum Gasteiger partial charge on any atom is -0.481 e. The van der Waals surface area contributed by atoms with Crippen LogP contribution in [0.25, 0.3) is 0 Å². The molecule has 7 N–H and O–H groups in total. The number of carbonyl (C=O) groups is 3. The second-order valence-corrected chi connectivity index (χ2v) is 8.64. The third-order valence-electron chi connectivity index (χ3n) is 4.87. The van der Waals surface area contributed by atoms with Gasteiger partial charge in [0.15, 0.2) is 0 Å². The van der Waals surface area contributed by atoms with Crippen molar-refractivity contribution in [2.24, 2.45) is 4.36 Å². The van der Waals surface area contributed by atoms with E-state index in [0.29, 0.717) is 23.5 Å². The Morgan fingerprint density at radius 2 is 1.54 bits per heavy atom. The van der Waals surface area contributed by atoms with Gasteiger partial charge >= 0.3 is 28.5 Å². The molecule has 0 saturated carbocycles. The lowest BCUT2D eigenvalue weighted by Crippen LogP contribution is -2.33. The van der Waals surface area contributed by atoms with E-state index in [2.05, 4.69) is 25.6 Å². The summed E-state index contributed by atoms with van der Waals surface area (Å²) in [5, 5.41) is 19.7. The van der Waals surface area contributed by atoms with Crippen LogP contribution in [0.4, 0.5) is 32.3 Å². The van der Waals surface area contributed by atoms with Gasteiger partial charge in [-0.25, -0.2) is 9.59 Å². The monoisotopic (exact) mass is 554 g/mol. The summed E-state index contributed by atoms with van der Waals surface area (Å²) < 4.78 is 24.7. The summed E-state index contributed by atoms with van der Waals surface area (Å²) in [5.74, 6) is -1.13. The molecule has 3 aromatic carbocycles. The maximum absolute atomic E-state index is 12.2. The molecule has 12 nitrogen and oxygen atoms in total. The SMILES string of the molecule is CCCNC(=O)Nc1ccccc1.Nc1ccc(NC(=O)NC(CC(=O)O)c2cccc(N=S(=O)=O)c2)cc1. The molecule has 4 amide bonds. The molecule has 0 aliphatic rings. The fraction of sp³-hybridized carbons (Fsp3) is 0.192. The fourth-order valence-corrected chi connectivity index (χ4v) is 3.42. The highest BCUT2D eigenvalue weighted by Gasteiger charge is 2.18. The molecule has 0 fully saturated rings. The van der Waals surface area contributed by atoms with Gasteiger partial charge in [0, 0.05) is 23.6 Å². The first-order chi connectivity index (χ1) is 18.7. The summed E-state index contributed by atoms with van der Waals surface area (Å²) in [6.07, 6.45) is 0.557. The van der Waals surface area contributed by atoms with Crippen molar-refractivity contribution in [3.63, 3.8) is 0 Å². The predicted octanol–water partition coefficient (Wildman–Crippen LogP) is 4.52. The van der Waals surface area contributed by atoms with Crippen molar-refractivity contribution in [3.8, 4) is 0 Å². The van der Waals surface area contributed by atoms with E-state index in [-0.39, 0.29) is 18.1 Å². The van der Waals surface area contributed by atoms with E-state index >= 15 is 0 Å². The molecule has 3 aromatic rings. The van der Waals surface area contributed by atoms with Crippen LogP contribution < -0.4 is 27.0 Å². The van der Waals surface area contributed by atoms with Gasteiger partial charge in [0.1, 0.15) is 0 Å². The lowest BCUT2D eigenvalue weighted by atomic mass is 10.0. The van der Waals surface area contributed by atoms with Gasteiger partial charge in [-0.2, -0.15) is 8.42 Å². The third kappa shape index (κ3) is 12.3. The highest BCUT2D eigenvalue weighted by atomic mass is 32.2. The smallest absolute Gasteiger partial charge is 0.319 e. The Morgan fingerprint density at radius 3 is 2.15 bits per heavy atom. The second-order valence-electron chi connectivity index (χ2n) is 8.02. The number of hydrogen-bond donors (Lipinski definition) is 6. The largest absolute Gasteiger partial charge is 0.481 e. The van der Waals surface area contributed by atoms with E-state index in [4.69, 9.17) is 10.8 Å². The van der Waals surface area contributed by atoms with Gasteiger partial charge in [-0.3, -0.25) is 4.79 Å². The summed E-state index contributed by atoms with van der Waals surface area (Å²) in [4.78, 5) is 34.4. The Labute approximate surface area is 227 Å². The molecule has 206 valence electrons. The second kappa shape index (κ2) is 16.0. The predicted molar refractivity (Wildman–Crippen MR) is 149 cm³/mol. The molecule has 0 saturated heterocycles. The molecule has 13 heteroatoms. The van der Waals surface area contributed by atoms with E-state index < -0.39 is 28.5 Å². The maximum atomic E-state index is 12.2. The van der Waals surface area contributed by atoms with Crippen LogP contribution in [0.1, 0.15) is 31.4 Å². The van der Waals surface area contributed by atoms with Gasteiger partial charge in [-0.1, -0.05) is 37.3 Å². The lowest BCUT2D eigenvalue weighted by molar-refractivity contribution is -0.137. The van der Waals surface area contributed by atoms with Gasteiger partial charge in [-0.15, -0.1) is 4.36 Å². The standard InChI is InChI=1S/C16H16N4O5S.C10H14N2O/c17-11-4-6-12(7-5-11)18-16(23)19-14(9-15(21)22)10-2-1-3-13(8-10)20-26(24)25;1-2-8-11-10(13)12-9-6-4-3-5-7-9/h1-8,14H,9,17H2,(H,21,22)(H2,18,19,23);3-7H,2,8H2,1H3,(H2,11,12,13).